The summed E-state index contributed by atoms with van der Waals surface area (Å²) in [6.45, 7) is 0.742. The van der Waals surface area contributed by atoms with Crippen molar-refractivity contribution in [3.63, 3.8) is 0 Å². The van der Waals surface area contributed by atoms with Crippen molar-refractivity contribution in [1.29, 1.82) is 0 Å². The standard InChI is InChI=1S/C40H30FN5/c1-43-22-23-44(26-43)30-13-9-10-27(24-30)39(41)28-17-18-31-32-19-20-35-38(40(32)46(36(31)25-28)37-16-7-8-21-42-37)33-14-5-6-15-34(33)45(35)29-11-3-2-4-12-29/h2-25,39H,26H2,1H3. The SMILES string of the molecule is CN1C=CN(c2cccc(C(F)c3ccc4c5ccc6c(c7ccccc7n6-c6ccccc6)c5n(-c5ccccn5)c4c3)c2)C1. The fourth-order valence-corrected chi connectivity index (χ4v) is 7.06. The van der Waals surface area contributed by atoms with E-state index in [0.29, 0.717) is 11.1 Å². The third-order valence-electron chi connectivity index (χ3n) is 9.14. The molecule has 0 spiro atoms. The lowest BCUT2D eigenvalue weighted by Crippen LogP contribution is -2.21. The smallest absolute Gasteiger partial charge is 0.150 e. The number of anilines is 1. The number of para-hydroxylation sites is 2. The van der Waals surface area contributed by atoms with E-state index in [1.165, 1.54) is 0 Å². The van der Waals surface area contributed by atoms with E-state index in [9.17, 15) is 0 Å². The van der Waals surface area contributed by atoms with Gasteiger partial charge in [0.1, 0.15) is 5.82 Å². The Balaban J connectivity index is 1.30. The molecule has 1 atom stereocenters. The molecule has 0 aliphatic carbocycles. The minimum Gasteiger partial charge on any atom is -0.361 e. The highest BCUT2D eigenvalue weighted by Crippen LogP contribution is 2.42. The molecule has 9 rings (SSSR count). The normalized spacial score (nSPS) is 14.0. The lowest BCUT2D eigenvalue weighted by Gasteiger charge is -2.19. The number of rotatable bonds is 5. The molecule has 222 valence electrons. The van der Waals surface area contributed by atoms with E-state index in [2.05, 4.69) is 85.7 Å². The Kier molecular flexibility index (Phi) is 5.96. The molecule has 0 N–H and O–H groups in total. The number of pyridine rings is 1. The van der Waals surface area contributed by atoms with Crippen LogP contribution < -0.4 is 4.90 Å². The van der Waals surface area contributed by atoms with Gasteiger partial charge in [-0.3, -0.25) is 4.57 Å². The van der Waals surface area contributed by atoms with Crippen LogP contribution in [0, 0.1) is 0 Å². The van der Waals surface area contributed by atoms with Crippen molar-refractivity contribution >= 4 is 49.3 Å². The quantitative estimate of drug-likeness (QED) is 0.197. The van der Waals surface area contributed by atoms with E-state index in [1.807, 2.05) is 86.3 Å². The molecule has 0 fully saturated rings. The summed E-state index contributed by atoms with van der Waals surface area (Å²) in [4.78, 5) is 9.03. The third kappa shape index (κ3) is 4.03. The fourth-order valence-electron chi connectivity index (χ4n) is 7.06. The summed E-state index contributed by atoms with van der Waals surface area (Å²) >= 11 is 0. The molecule has 46 heavy (non-hydrogen) atoms. The molecule has 6 heteroatoms. The predicted octanol–water partition coefficient (Wildman–Crippen LogP) is 9.52. The van der Waals surface area contributed by atoms with Gasteiger partial charge in [-0.25, -0.2) is 9.37 Å². The summed E-state index contributed by atoms with van der Waals surface area (Å²) in [6.07, 6.45) is 4.58. The van der Waals surface area contributed by atoms with Gasteiger partial charge in [-0.05, 0) is 65.7 Å². The molecule has 8 aromatic rings. The van der Waals surface area contributed by atoms with Crippen molar-refractivity contribution in [2.45, 2.75) is 6.17 Å². The molecule has 5 aromatic carbocycles. The molecule has 0 saturated heterocycles. The van der Waals surface area contributed by atoms with Gasteiger partial charge in [0.05, 0.1) is 28.7 Å². The molecule has 0 saturated carbocycles. The van der Waals surface area contributed by atoms with Gasteiger partial charge in [0.15, 0.2) is 6.17 Å². The number of aromatic nitrogens is 3. The largest absolute Gasteiger partial charge is 0.361 e. The molecule has 0 radical (unpaired) electrons. The van der Waals surface area contributed by atoms with Crippen molar-refractivity contribution in [3.8, 4) is 11.5 Å². The Hall–Kier alpha value is -5.88. The highest BCUT2D eigenvalue weighted by Gasteiger charge is 2.23. The van der Waals surface area contributed by atoms with Crippen molar-refractivity contribution in [1.82, 2.24) is 19.0 Å². The van der Waals surface area contributed by atoms with Gasteiger partial charge in [-0.1, -0.05) is 72.8 Å². The molecular weight excluding hydrogens is 569 g/mol. The summed E-state index contributed by atoms with van der Waals surface area (Å²) in [5, 5.41) is 4.48. The second-order valence-corrected chi connectivity index (χ2v) is 12.0. The van der Waals surface area contributed by atoms with Crippen LogP contribution in [-0.2, 0) is 0 Å². The maximum Gasteiger partial charge on any atom is 0.150 e. The molecule has 3 aromatic heterocycles. The van der Waals surface area contributed by atoms with Crippen LogP contribution in [0.2, 0.25) is 0 Å². The Labute approximate surface area is 265 Å². The number of hydrogen-bond donors (Lipinski definition) is 0. The van der Waals surface area contributed by atoms with E-state index in [1.54, 1.807) is 0 Å². The minimum absolute atomic E-state index is 0.613. The average molecular weight is 600 g/mol. The molecular formula is C40H30FN5. The summed E-state index contributed by atoms with van der Waals surface area (Å²) in [6, 6.07) is 43.2. The number of nitrogens with zero attached hydrogens (tertiary/aromatic N) is 5. The highest BCUT2D eigenvalue weighted by atomic mass is 19.1. The van der Waals surface area contributed by atoms with Crippen LogP contribution >= 0.6 is 0 Å². The molecule has 4 heterocycles. The topological polar surface area (TPSA) is 29.2 Å². The first-order valence-corrected chi connectivity index (χ1v) is 15.5. The Bertz CT molecular complexity index is 2440. The van der Waals surface area contributed by atoms with E-state index in [4.69, 9.17) is 4.98 Å². The zero-order chi connectivity index (χ0) is 30.8. The second-order valence-electron chi connectivity index (χ2n) is 12.0. The second kappa shape index (κ2) is 10.3. The van der Waals surface area contributed by atoms with Gasteiger partial charge in [0.2, 0.25) is 0 Å². The number of halogens is 1. The zero-order valence-corrected chi connectivity index (χ0v) is 25.3. The summed E-state index contributed by atoms with van der Waals surface area (Å²) in [5.74, 6) is 0.797. The summed E-state index contributed by atoms with van der Waals surface area (Å²) < 4.78 is 21.0. The molecule has 1 unspecified atom stereocenters. The number of alkyl halides is 1. The van der Waals surface area contributed by atoms with Gasteiger partial charge in [-0.15, -0.1) is 0 Å². The minimum atomic E-state index is -1.29. The Morgan fingerprint density at radius 1 is 0.609 bits per heavy atom. The molecule has 1 aliphatic rings. The lowest BCUT2D eigenvalue weighted by atomic mass is 10.0. The van der Waals surface area contributed by atoms with E-state index >= 15 is 4.39 Å². The van der Waals surface area contributed by atoms with Gasteiger partial charge < -0.3 is 14.4 Å². The van der Waals surface area contributed by atoms with Crippen LogP contribution in [-0.4, -0.2) is 32.7 Å². The summed E-state index contributed by atoms with van der Waals surface area (Å²) in [7, 11) is 2.03. The number of hydrogen-bond acceptors (Lipinski definition) is 3. The van der Waals surface area contributed by atoms with Crippen molar-refractivity contribution in [3.05, 3.63) is 157 Å². The van der Waals surface area contributed by atoms with Gasteiger partial charge >= 0.3 is 0 Å². The van der Waals surface area contributed by atoms with Crippen molar-refractivity contribution < 1.29 is 4.39 Å². The Morgan fingerprint density at radius 3 is 2.22 bits per heavy atom. The molecule has 5 nitrogen and oxygen atoms in total. The first-order chi connectivity index (χ1) is 22.7. The maximum atomic E-state index is 16.5. The van der Waals surface area contributed by atoms with Crippen LogP contribution in [0.3, 0.4) is 0 Å². The molecule has 0 amide bonds. The first kappa shape index (κ1) is 26.5. The van der Waals surface area contributed by atoms with Gasteiger partial charge in [-0.2, -0.15) is 0 Å². The Morgan fingerprint density at radius 2 is 1.39 bits per heavy atom. The molecule has 0 bridgehead atoms. The van der Waals surface area contributed by atoms with E-state index in [-0.39, 0.29) is 0 Å². The van der Waals surface area contributed by atoms with Crippen LogP contribution in [0.4, 0.5) is 10.1 Å². The van der Waals surface area contributed by atoms with Crippen LogP contribution in [0.5, 0.6) is 0 Å². The summed E-state index contributed by atoms with van der Waals surface area (Å²) in [5.41, 5.74) is 7.57. The van der Waals surface area contributed by atoms with Crippen LogP contribution in [0.1, 0.15) is 17.3 Å². The number of benzene rings is 5. The first-order valence-electron chi connectivity index (χ1n) is 15.5. The van der Waals surface area contributed by atoms with Gasteiger partial charge in [0, 0.05) is 58.6 Å². The van der Waals surface area contributed by atoms with Crippen LogP contribution in [0.15, 0.2) is 146 Å². The maximum absolute atomic E-state index is 16.5. The third-order valence-corrected chi connectivity index (χ3v) is 9.14. The number of fused-ring (bicyclic) bond motifs is 7. The van der Waals surface area contributed by atoms with Crippen LogP contribution in [0.25, 0.3) is 55.1 Å². The lowest BCUT2D eigenvalue weighted by molar-refractivity contribution is 0.402. The van der Waals surface area contributed by atoms with E-state index in [0.717, 1.165) is 67.5 Å². The van der Waals surface area contributed by atoms with Crippen molar-refractivity contribution in [2.24, 2.45) is 0 Å². The zero-order valence-electron chi connectivity index (χ0n) is 25.3. The van der Waals surface area contributed by atoms with Gasteiger partial charge in [0.25, 0.3) is 0 Å². The average Bonchev–Trinajstić information content (AvgIpc) is 3.80. The fraction of sp³-hybridized carbons (Fsp3) is 0.0750. The highest BCUT2D eigenvalue weighted by molar-refractivity contribution is 6.26. The predicted molar refractivity (Wildman–Crippen MR) is 187 cm³/mol. The monoisotopic (exact) mass is 599 g/mol. The van der Waals surface area contributed by atoms with E-state index < -0.39 is 6.17 Å². The molecule has 1 aliphatic heterocycles. The van der Waals surface area contributed by atoms with Crippen molar-refractivity contribution in [2.75, 3.05) is 18.6 Å².